The molecule has 4 rings (SSSR count). The SMILES string of the molecule is Cc1ccc(-c2nnc(C(C)OC(=O)c3cc4cc(Cl)ccc4nc3C)o2)cc1. The summed E-state index contributed by atoms with van der Waals surface area (Å²) in [5, 5.41) is 9.41. The molecule has 7 heteroatoms. The number of esters is 1. The maximum atomic E-state index is 12.7. The van der Waals surface area contributed by atoms with Crippen molar-refractivity contribution < 1.29 is 13.9 Å². The predicted octanol–water partition coefficient (Wildman–Crippen LogP) is 5.47. The fourth-order valence-corrected chi connectivity index (χ4v) is 3.12. The van der Waals surface area contributed by atoms with E-state index in [2.05, 4.69) is 15.2 Å². The predicted molar refractivity (Wildman–Crippen MR) is 110 cm³/mol. The van der Waals surface area contributed by atoms with Crippen molar-refractivity contribution >= 4 is 28.5 Å². The molecule has 0 amide bonds. The zero-order valence-corrected chi connectivity index (χ0v) is 16.9. The van der Waals surface area contributed by atoms with Gasteiger partial charge >= 0.3 is 5.97 Å². The normalized spacial score (nSPS) is 12.1. The van der Waals surface area contributed by atoms with E-state index in [1.165, 1.54) is 0 Å². The van der Waals surface area contributed by atoms with Gasteiger partial charge in [0.05, 0.1) is 16.8 Å². The molecule has 0 bridgehead atoms. The number of hydrogen-bond donors (Lipinski definition) is 0. The fraction of sp³-hybridized carbons (Fsp3) is 0.182. The monoisotopic (exact) mass is 407 g/mol. The molecule has 2 aromatic carbocycles. The second-order valence-electron chi connectivity index (χ2n) is 6.82. The lowest BCUT2D eigenvalue weighted by Crippen LogP contribution is -2.11. The number of rotatable bonds is 4. The van der Waals surface area contributed by atoms with E-state index in [-0.39, 0.29) is 5.89 Å². The first-order chi connectivity index (χ1) is 13.9. The van der Waals surface area contributed by atoms with Crippen LogP contribution >= 0.6 is 11.6 Å². The van der Waals surface area contributed by atoms with Gasteiger partial charge in [-0.2, -0.15) is 0 Å². The van der Waals surface area contributed by atoms with Gasteiger partial charge in [0.2, 0.25) is 5.89 Å². The number of carbonyl (C=O) groups excluding carboxylic acids is 1. The maximum Gasteiger partial charge on any atom is 0.340 e. The quantitative estimate of drug-likeness (QED) is 0.417. The standard InChI is InChI=1S/C22H18ClN3O3/c1-12-4-6-15(7-5-12)21-26-25-20(29-21)14(3)28-22(27)18-11-16-10-17(23)8-9-19(16)24-13(18)2/h4-11,14H,1-3H3. The Labute approximate surface area is 172 Å². The number of aromatic nitrogens is 3. The van der Waals surface area contributed by atoms with E-state index in [1.54, 1.807) is 32.0 Å². The molecule has 1 unspecified atom stereocenters. The molecule has 146 valence electrons. The average Bonchev–Trinajstić information content (AvgIpc) is 3.18. The van der Waals surface area contributed by atoms with Crippen LogP contribution < -0.4 is 0 Å². The zero-order valence-electron chi connectivity index (χ0n) is 16.1. The number of ether oxygens (including phenoxy) is 1. The second-order valence-corrected chi connectivity index (χ2v) is 7.25. The summed E-state index contributed by atoms with van der Waals surface area (Å²) in [4.78, 5) is 17.2. The lowest BCUT2D eigenvalue weighted by Gasteiger charge is -2.11. The summed E-state index contributed by atoms with van der Waals surface area (Å²) in [5.74, 6) is 0.0870. The van der Waals surface area contributed by atoms with Crippen LogP contribution in [0.5, 0.6) is 0 Å². The summed E-state index contributed by atoms with van der Waals surface area (Å²) in [6.45, 7) is 5.45. The molecule has 0 saturated carbocycles. The third kappa shape index (κ3) is 3.98. The molecule has 6 nitrogen and oxygen atoms in total. The number of hydrogen-bond acceptors (Lipinski definition) is 6. The summed E-state index contributed by atoms with van der Waals surface area (Å²) in [7, 11) is 0. The van der Waals surface area contributed by atoms with Crippen molar-refractivity contribution in [1.82, 2.24) is 15.2 Å². The third-order valence-corrected chi connectivity index (χ3v) is 4.79. The van der Waals surface area contributed by atoms with Crippen molar-refractivity contribution in [3.05, 3.63) is 76.3 Å². The number of carbonyl (C=O) groups is 1. The topological polar surface area (TPSA) is 78.1 Å². The summed E-state index contributed by atoms with van der Waals surface area (Å²) in [6, 6.07) is 14.8. The molecule has 0 aliphatic carbocycles. The first-order valence-electron chi connectivity index (χ1n) is 9.09. The molecule has 0 fully saturated rings. The molecule has 2 aromatic heterocycles. The number of benzene rings is 2. The molecule has 0 aliphatic heterocycles. The molecule has 4 aromatic rings. The van der Waals surface area contributed by atoms with Gasteiger partial charge in [-0.15, -0.1) is 10.2 Å². The van der Waals surface area contributed by atoms with E-state index in [9.17, 15) is 4.79 Å². The Morgan fingerprint density at radius 1 is 1.07 bits per heavy atom. The van der Waals surface area contributed by atoms with E-state index < -0.39 is 12.1 Å². The van der Waals surface area contributed by atoms with Crippen molar-refractivity contribution in [1.29, 1.82) is 0 Å². The summed E-state index contributed by atoms with van der Waals surface area (Å²) >= 11 is 6.04. The van der Waals surface area contributed by atoms with Crippen LogP contribution in [0.2, 0.25) is 5.02 Å². The highest BCUT2D eigenvalue weighted by atomic mass is 35.5. The van der Waals surface area contributed by atoms with Crippen LogP contribution in [0.4, 0.5) is 0 Å². The lowest BCUT2D eigenvalue weighted by molar-refractivity contribution is 0.0278. The lowest BCUT2D eigenvalue weighted by atomic mass is 10.1. The van der Waals surface area contributed by atoms with Gasteiger partial charge in [-0.25, -0.2) is 4.79 Å². The van der Waals surface area contributed by atoms with E-state index in [1.807, 2.05) is 37.3 Å². The van der Waals surface area contributed by atoms with Crippen molar-refractivity contribution in [2.75, 3.05) is 0 Å². The molecule has 0 radical (unpaired) electrons. The molecule has 1 atom stereocenters. The summed E-state index contributed by atoms with van der Waals surface area (Å²) < 4.78 is 11.2. The van der Waals surface area contributed by atoms with Crippen molar-refractivity contribution in [3.8, 4) is 11.5 Å². The van der Waals surface area contributed by atoms with Crippen LogP contribution in [0.1, 0.15) is 40.5 Å². The Hall–Kier alpha value is -3.25. The van der Waals surface area contributed by atoms with E-state index in [4.69, 9.17) is 20.8 Å². The van der Waals surface area contributed by atoms with Crippen LogP contribution in [0.15, 0.2) is 52.9 Å². The van der Waals surface area contributed by atoms with Gasteiger partial charge < -0.3 is 9.15 Å². The van der Waals surface area contributed by atoms with Crippen LogP contribution in [-0.4, -0.2) is 21.2 Å². The highest BCUT2D eigenvalue weighted by Gasteiger charge is 2.22. The van der Waals surface area contributed by atoms with Gasteiger partial charge in [-0.05, 0) is 57.2 Å². The van der Waals surface area contributed by atoms with Gasteiger partial charge in [0.15, 0.2) is 6.10 Å². The number of halogens is 1. The highest BCUT2D eigenvalue weighted by molar-refractivity contribution is 6.31. The number of pyridine rings is 1. The van der Waals surface area contributed by atoms with E-state index in [0.29, 0.717) is 22.2 Å². The molecular formula is C22H18ClN3O3. The van der Waals surface area contributed by atoms with Gasteiger partial charge in [-0.1, -0.05) is 29.3 Å². The molecule has 0 aliphatic rings. The van der Waals surface area contributed by atoms with E-state index >= 15 is 0 Å². The largest absolute Gasteiger partial charge is 0.449 e. The maximum absolute atomic E-state index is 12.7. The first-order valence-corrected chi connectivity index (χ1v) is 9.47. The molecular weight excluding hydrogens is 390 g/mol. The number of fused-ring (bicyclic) bond motifs is 1. The Kier molecular flexibility index (Phi) is 5.03. The molecule has 29 heavy (non-hydrogen) atoms. The molecule has 0 N–H and O–H groups in total. The molecule has 0 spiro atoms. The highest BCUT2D eigenvalue weighted by Crippen LogP contribution is 2.25. The van der Waals surface area contributed by atoms with Gasteiger partial charge in [0.25, 0.3) is 5.89 Å². The van der Waals surface area contributed by atoms with Crippen LogP contribution in [0.3, 0.4) is 0 Å². The Balaban J connectivity index is 1.55. The molecule has 2 heterocycles. The van der Waals surface area contributed by atoms with Crippen LogP contribution in [0, 0.1) is 13.8 Å². The van der Waals surface area contributed by atoms with Crippen LogP contribution in [0.25, 0.3) is 22.4 Å². The van der Waals surface area contributed by atoms with Gasteiger partial charge in [0, 0.05) is 16.0 Å². The third-order valence-electron chi connectivity index (χ3n) is 4.56. The fourth-order valence-electron chi connectivity index (χ4n) is 2.94. The number of nitrogens with zero attached hydrogens (tertiary/aromatic N) is 3. The minimum absolute atomic E-state index is 0.225. The minimum atomic E-state index is -0.705. The van der Waals surface area contributed by atoms with Gasteiger partial charge in [-0.3, -0.25) is 4.98 Å². The minimum Gasteiger partial charge on any atom is -0.449 e. The summed E-state index contributed by atoms with van der Waals surface area (Å²) in [5.41, 5.74) is 3.64. The van der Waals surface area contributed by atoms with Crippen molar-refractivity contribution in [2.45, 2.75) is 26.9 Å². The first kappa shape index (κ1) is 19.1. The Morgan fingerprint density at radius 2 is 1.83 bits per heavy atom. The van der Waals surface area contributed by atoms with Crippen LogP contribution in [-0.2, 0) is 4.74 Å². The number of aryl methyl sites for hydroxylation is 2. The van der Waals surface area contributed by atoms with Gasteiger partial charge in [0.1, 0.15) is 0 Å². The zero-order chi connectivity index (χ0) is 20.5. The Bertz CT molecular complexity index is 1200. The van der Waals surface area contributed by atoms with E-state index in [0.717, 1.165) is 22.0 Å². The second kappa shape index (κ2) is 7.64. The van der Waals surface area contributed by atoms with Crippen molar-refractivity contribution in [3.63, 3.8) is 0 Å². The Morgan fingerprint density at radius 3 is 2.59 bits per heavy atom. The van der Waals surface area contributed by atoms with Crippen molar-refractivity contribution in [2.24, 2.45) is 0 Å². The summed E-state index contributed by atoms with van der Waals surface area (Å²) in [6.07, 6.45) is -0.705. The smallest absolute Gasteiger partial charge is 0.340 e. The molecule has 0 saturated heterocycles. The average molecular weight is 408 g/mol.